The summed E-state index contributed by atoms with van der Waals surface area (Å²) in [5.41, 5.74) is -0.824. The molecule has 0 saturated carbocycles. The van der Waals surface area contributed by atoms with E-state index in [0.29, 0.717) is 23.0 Å². The number of alkyl halides is 1. The van der Waals surface area contributed by atoms with E-state index >= 15 is 0 Å². The van der Waals surface area contributed by atoms with Crippen molar-refractivity contribution in [2.75, 3.05) is 25.1 Å². The molecule has 0 aliphatic heterocycles. The number of aryl methyl sites for hydroxylation is 1. The second kappa shape index (κ2) is 7.83. The van der Waals surface area contributed by atoms with Crippen molar-refractivity contribution >= 4 is 11.7 Å². The van der Waals surface area contributed by atoms with Crippen LogP contribution in [0.25, 0.3) is 0 Å². The number of carbonyl (C=O) groups is 1. The summed E-state index contributed by atoms with van der Waals surface area (Å²) >= 11 is 0. The molecule has 0 bridgehead atoms. The topological polar surface area (TPSA) is 83.7 Å². The molecule has 1 unspecified atom stereocenters. The fourth-order valence-electron chi connectivity index (χ4n) is 2.06. The first-order valence-electron chi connectivity index (χ1n) is 7.54. The first kappa shape index (κ1) is 17.8. The summed E-state index contributed by atoms with van der Waals surface area (Å²) < 4.78 is 22.6. The molecule has 1 heterocycles. The highest BCUT2D eigenvalue weighted by Crippen LogP contribution is 2.22. The van der Waals surface area contributed by atoms with Crippen LogP contribution >= 0.6 is 0 Å². The fraction of sp³-hybridized carbons (Fsp3) is 0.353. The molecule has 0 radical (unpaired) electrons. The SMILES string of the molecule is Cc1ccc(C(C)(O)CNC(=O)Nc2cccc(OCCF)c2)o1. The van der Waals surface area contributed by atoms with Crippen LogP contribution in [0.2, 0.25) is 0 Å². The summed E-state index contributed by atoms with van der Waals surface area (Å²) in [5, 5.41) is 15.6. The van der Waals surface area contributed by atoms with Crippen LogP contribution in [0.1, 0.15) is 18.4 Å². The van der Waals surface area contributed by atoms with Crippen molar-refractivity contribution in [1.29, 1.82) is 0 Å². The molecule has 130 valence electrons. The molecule has 1 aromatic heterocycles. The molecule has 2 amide bonds. The zero-order chi connectivity index (χ0) is 17.6. The van der Waals surface area contributed by atoms with E-state index in [1.54, 1.807) is 50.2 Å². The molecule has 0 aliphatic carbocycles. The number of rotatable bonds is 7. The van der Waals surface area contributed by atoms with Crippen LogP contribution in [0.5, 0.6) is 5.75 Å². The van der Waals surface area contributed by atoms with Crippen LogP contribution in [-0.4, -0.2) is 31.0 Å². The third-order valence-electron chi connectivity index (χ3n) is 3.30. The Balaban J connectivity index is 1.89. The van der Waals surface area contributed by atoms with Crippen molar-refractivity contribution in [2.45, 2.75) is 19.4 Å². The van der Waals surface area contributed by atoms with Gasteiger partial charge in [-0.25, -0.2) is 9.18 Å². The average Bonchev–Trinajstić information content (AvgIpc) is 2.99. The van der Waals surface area contributed by atoms with E-state index in [1.807, 2.05) is 0 Å². The van der Waals surface area contributed by atoms with Crippen LogP contribution in [0.15, 0.2) is 40.8 Å². The molecule has 0 spiro atoms. The number of nitrogens with one attached hydrogen (secondary N) is 2. The first-order valence-corrected chi connectivity index (χ1v) is 7.54. The van der Waals surface area contributed by atoms with Crippen LogP contribution in [0, 0.1) is 6.92 Å². The molecule has 2 aromatic rings. The first-order chi connectivity index (χ1) is 11.4. The van der Waals surface area contributed by atoms with Crippen molar-refractivity contribution in [1.82, 2.24) is 5.32 Å². The van der Waals surface area contributed by atoms with Gasteiger partial charge in [0.25, 0.3) is 0 Å². The van der Waals surface area contributed by atoms with Gasteiger partial charge in [-0.1, -0.05) is 6.07 Å². The summed E-state index contributed by atoms with van der Waals surface area (Å²) in [5.74, 6) is 1.52. The van der Waals surface area contributed by atoms with Gasteiger partial charge < -0.3 is 24.9 Å². The molecule has 0 aliphatic rings. The quantitative estimate of drug-likeness (QED) is 0.726. The second-order valence-corrected chi connectivity index (χ2v) is 5.56. The Morgan fingerprint density at radius 1 is 1.38 bits per heavy atom. The van der Waals surface area contributed by atoms with E-state index in [4.69, 9.17) is 9.15 Å². The molecule has 0 fully saturated rings. The molecule has 1 atom stereocenters. The molecular weight excluding hydrogens is 315 g/mol. The number of benzene rings is 1. The minimum atomic E-state index is -1.32. The van der Waals surface area contributed by atoms with E-state index in [1.165, 1.54) is 0 Å². The minimum absolute atomic E-state index is 0.0240. The van der Waals surface area contributed by atoms with Crippen molar-refractivity contribution in [3.8, 4) is 5.75 Å². The lowest BCUT2D eigenvalue weighted by Crippen LogP contribution is -2.40. The van der Waals surface area contributed by atoms with E-state index in [9.17, 15) is 14.3 Å². The predicted octanol–water partition coefficient (Wildman–Crippen LogP) is 2.97. The van der Waals surface area contributed by atoms with Crippen molar-refractivity contribution < 1.29 is 23.4 Å². The maximum Gasteiger partial charge on any atom is 0.319 e. The highest BCUT2D eigenvalue weighted by atomic mass is 19.1. The average molecular weight is 336 g/mol. The predicted molar refractivity (Wildman–Crippen MR) is 87.9 cm³/mol. The van der Waals surface area contributed by atoms with E-state index in [-0.39, 0.29) is 13.2 Å². The Kier molecular flexibility index (Phi) is 5.81. The number of halogens is 1. The van der Waals surface area contributed by atoms with Gasteiger partial charge in [0, 0.05) is 11.8 Å². The highest BCUT2D eigenvalue weighted by molar-refractivity contribution is 5.89. The molecule has 2 rings (SSSR count). The zero-order valence-electron chi connectivity index (χ0n) is 13.6. The summed E-state index contributed by atoms with van der Waals surface area (Å²) in [7, 11) is 0. The normalized spacial score (nSPS) is 13.2. The van der Waals surface area contributed by atoms with E-state index < -0.39 is 18.3 Å². The van der Waals surface area contributed by atoms with E-state index in [2.05, 4.69) is 10.6 Å². The molecular formula is C17H21FN2O4. The van der Waals surface area contributed by atoms with Crippen molar-refractivity contribution in [2.24, 2.45) is 0 Å². The van der Waals surface area contributed by atoms with Gasteiger partial charge in [-0.2, -0.15) is 0 Å². The van der Waals surface area contributed by atoms with Crippen LogP contribution in [-0.2, 0) is 5.60 Å². The van der Waals surface area contributed by atoms with Gasteiger partial charge in [-0.15, -0.1) is 0 Å². The number of ether oxygens (including phenoxy) is 1. The van der Waals surface area contributed by atoms with Gasteiger partial charge in [0.2, 0.25) is 0 Å². The Morgan fingerprint density at radius 2 is 2.17 bits per heavy atom. The van der Waals surface area contributed by atoms with E-state index in [0.717, 1.165) is 0 Å². The van der Waals surface area contributed by atoms with Gasteiger partial charge in [-0.3, -0.25) is 0 Å². The summed E-state index contributed by atoms with van der Waals surface area (Å²) in [4.78, 5) is 12.0. The summed E-state index contributed by atoms with van der Waals surface area (Å²) in [6.07, 6.45) is 0. The third kappa shape index (κ3) is 4.99. The molecule has 3 N–H and O–H groups in total. The lowest BCUT2D eigenvalue weighted by atomic mass is 10.0. The number of carbonyl (C=O) groups excluding carboxylic acids is 1. The van der Waals surface area contributed by atoms with Crippen molar-refractivity contribution in [3.63, 3.8) is 0 Å². The number of aliphatic hydroxyl groups is 1. The minimum Gasteiger partial charge on any atom is -0.491 e. The Morgan fingerprint density at radius 3 is 2.83 bits per heavy atom. The van der Waals surface area contributed by atoms with Crippen LogP contribution in [0.4, 0.5) is 14.9 Å². The molecule has 0 saturated heterocycles. The zero-order valence-corrected chi connectivity index (χ0v) is 13.6. The molecule has 24 heavy (non-hydrogen) atoms. The summed E-state index contributed by atoms with van der Waals surface area (Å²) in [6, 6.07) is 9.54. The number of urea groups is 1. The van der Waals surface area contributed by atoms with Gasteiger partial charge in [0.15, 0.2) is 0 Å². The maximum absolute atomic E-state index is 12.1. The lowest BCUT2D eigenvalue weighted by molar-refractivity contribution is 0.0364. The number of hydrogen-bond acceptors (Lipinski definition) is 4. The van der Waals surface area contributed by atoms with Gasteiger partial charge in [0.1, 0.15) is 36.2 Å². The van der Waals surface area contributed by atoms with Gasteiger partial charge in [0.05, 0.1) is 6.54 Å². The lowest BCUT2D eigenvalue weighted by Gasteiger charge is -2.21. The van der Waals surface area contributed by atoms with Gasteiger partial charge >= 0.3 is 6.03 Å². The number of anilines is 1. The Bertz CT molecular complexity index is 685. The van der Waals surface area contributed by atoms with Gasteiger partial charge in [-0.05, 0) is 38.1 Å². The standard InChI is InChI=1S/C17H21FN2O4/c1-12-6-7-15(24-12)17(2,22)11-19-16(21)20-13-4-3-5-14(10-13)23-9-8-18/h3-7,10,22H,8-9,11H2,1-2H3,(H2,19,20,21). The molecule has 7 heteroatoms. The second-order valence-electron chi connectivity index (χ2n) is 5.56. The number of hydrogen-bond donors (Lipinski definition) is 3. The molecule has 6 nitrogen and oxygen atoms in total. The van der Waals surface area contributed by atoms with Crippen LogP contribution in [0.3, 0.4) is 0 Å². The maximum atomic E-state index is 12.1. The molecule has 1 aromatic carbocycles. The number of amides is 2. The smallest absolute Gasteiger partial charge is 0.319 e. The monoisotopic (exact) mass is 336 g/mol. The van der Waals surface area contributed by atoms with Crippen molar-refractivity contribution in [3.05, 3.63) is 47.9 Å². The van der Waals surface area contributed by atoms with Crippen LogP contribution < -0.4 is 15.4 Å². The Labute approximate surface area is 139 Å². The number of furan rings is 1. The highest BCUT2D eigenvalue weighted by Gasteiger charge is 2.27. The third-order valence-corrected chi connectivity index (χ3v) is 3.30. The Hall–Kier alpha value is -2.54. The fourth-order valence-corrected chi connectivity index (χ4v) is 2.06. The largest absolute Gasteiger partial charge is 0.491 e. The summed E-state index contributed by atoms with van der Waals surface area (Å²) in [6.45, 7) is 2.68.